The number of guanidine groups is 1. The van der Waals surface area contributed by atoms with Crippen molar-refractivity contribution < 1.29 is 27.0 Å². The Morgan fingerprint density at radius 1 is 1.10 bits per heavy atom. The maximum absolute atomic E-state index is 12.7. The van der Waals surface area contributed by atoms with E-state index in [0.717, 1.165) is 5.76 Å². The number of methoxy groups -OCH3 is 2. The third-order valence-corrected chi connectivity index (χ3v) is 6.49. The maximum atomic E-state index is 12.7. The molecule has 2 aromatic rings. The molecule has 31 heavy (non-hydrogen) atoms. The first-order chi connectivity index (χ1) is 14.6. The average Bonchev–Trinajstić information content (AvgIpc) is 3.35. The third kappa shape index (κ3) is 5.30. The van der Waals surface area contributed by atoms with Crippen LogP contribution in [0.2, 0.25) is 0 Å². The summed E-state index contributed by atoms with van der Waals surface area (Å²) in [5.41, 5.74) is 6.13. The molecule has 10 nitrogen and oxygen atoms in total. The Kier molecular flexibility index (Phi) is 6.48. The number of sulfonamides is 1. The van der Waals surface area contributed by atoms with E-state index < -0.39 is 21.0 Å². The fraction of sp³-hybridized carbons (Fsp3) is 0.450. The smallest absolute Gasteiger partial charge is 0.261 e. The molecule has 1 aromatic heterocycles. The summed E-state index contributed by atoms with van der Waals surface area (Å²) >= 11 is 0. The maximum Gasteiger partial charge on any atom is 0.261 e. The second-order valence-corrected chi connectivity index (χ2v) is 10.2. The van der Waals surface area contributed by atoms with Crippen LogP contribution in [0.25, 0.3) is 0 Å². The normalized spacial score (nSPS) is 19.1. The van der Waals surface area contributed by atoms with Crippen LogP contribution in [0, 0.1) is 6.92 Å². The summed E-state index contributed by atoms with van der Waals surface area (Å²) < 4.78 is 50.1. The van der Waals surface area contributed by atoms with Crippen LogP contribution in [-0.2, 0) is 14.8 Å². The zero-order valence-electron chi connectivity index (χ0n) is 18.3. The highest BCUT2D eigenvalue weighted by Gasteiger charge is 2.43. The van der Waals surface area contributed by atoms with Gasteiger partial charge in [0, 0.05) is 0 Å². The lowest BCUT2D eigenvalue weighted by Crippen LogP contribution is -2.44. The molecular weight excluding hydrogens is 424 g/mol. The first-order valence-corrected chi connectivity index (χ1v) is 11.1. The Bertz CT molecular complexity index is 1040. The molecule has 3 N–H and O–H groups in total. The molecule has 2 atom stereocenters. The van der Waals surface area contributed by atoms with Gasteiger partial charge >= 0.3 is 0 Å². The number of epoxide rings is 1. The van der Waals surface area contributed by atoms with Gasteiger partial charge in [0.25, 0.3) is 10.0 Å². The lowest BCUT2D eigenvalue weighted by atomic mass is 10.2. The average molecular weight is 453 g/mol. The Hall–Kier alpha value is -2.76. The van der Waals surface area contributed by atoms with Crippen molar-refractivity contribution >= 4 is 21.7 Å². The van der Waals surface area contributed by atoms with E-state index in [1.165, 1.54) is 14.2 Å². The Labute approximate surface area is 182 Å². The van der Waals surface area contributed by atoms with Crippen molar-refractivity contribution in [2.45, 2.75) is 44.8 Å². The van der Waals surface area contributed by atoms with E-state index in [4.69, 9.17) is 18.6 Å². The summed E-state index contributed by atoms with van der Waals surface area (Å²) in [7, 11) is -0.859. The summed E-state index contributed by atoms with van der Waals surface area (Å²) in [6.45, 7) is 6.55. The third-order valence-electron chi connectivity index (χ3n) is 4.52. The van der Waals surface area contributed by atoms with Crippen LogP contribution in [0.5, 0.6) is 11.5 Å². The Balaban J connectivity index is 1.83. The summed E-state index contributed by atoms with van der Waals surface area (Å²) in [6, 6.07) is 8.87. The number of hydrogen-bond donors (Lipinski definition) is 3. The molecule has 1 aliphatic rings. The van der Waals surface area contributed by atoms with E-state index >= 15 is 0 Å². The topological polar surface area (TPSA) is 127 Å². The fourth-order valence-electron chi connectivity index (χ4n) is 2.61. The number of furan rings is 1. The molecule has 1 aliphatic heterocycles. The zero-order valence-corrected chi connectivity index (χ0v) is 19.2. The number of anilines is 1. The van der Waals surface area contributed by atoms with Crippen LogP contribution in [0.3, 0.4) is 0 Å². The second-order valence-electron chi connectivity index (χ2n) is 7.88. The first-order valence-electron chi connectivity index (χ1n) is 9.61. The molecule has 170 valence electrons. The molecule has 0 bridgehead atoms. The van der Waals surface area contributed by atoms with E-state index in [-0.39, 0.29) is 12.1 Å². The van der Waals surface area contributed by atoms with E-state index in [1.807, 2.05) is 19.1 Å². The minimum atomic E-state index is -3.86. The van der Waals surface area contributed by atoms with Gasteiger partial charge < -0.3 is 23.9 Å². The highest BCUT2D eigenvalue weighted by molar-refractivity contribution is 7.91. The summed E-state index contributed by atoms with van der Waals surface area (Å²) in [4.78, 5) is 0. The van der Waals surface area contributed by atoms with E-state index in [0.29, 0.717) is 22.9 Å². The standard InChI is InChI=1S/C20H28N4O6S/c1-12-10-11-15(29-12)17-18(30-17)22-23-19(24-31(25,26)20(2,3)4)21-16-13(27-5)8-7-9-14(16)28-6/h7-11,17-18,22H,1-6H3,(H2,21,23,24). The molecule has 1 aromatic carbocycles. The lowest BCUT2D eigenvalue weighted by Gasteiger charge is -2.20. The van der Waals surface area contributed by atoms with Gasteiger partial charge in [-0.2, -0.15) is 0 Å². The zero-order chi connectivity index (χ0) is 22.8. The van der Waals surface area contributed by atoms with E-state index in [1.54, 1.807) is 39.0 Å². The van der Waals surface area contributed by atoms with Gasteiger partial charge in [-0.3, -0.25) is 5.43 Å². The molecule has 2 unspecified atom stereocenters. The van der Waals surface area contributed by atoms with Gasteiger partial charge in [-0.1, -0.05) is 6.07 Å². The largest absolute Gasteiger partial charge is 0.494 e. The van der Waals surface area contributed by atoms with Gasteiger partial charge in [-0.05, 0) is 52.0 Å². The van der Waals surface area contributed by atoms with Crippen molar-refractivity contribution in [2.75, 3.05) is 19.5 Å². The van der Waals surface area contributed by atoms with Gasteiger partial charge in [0.1, 0.15) is 28.7 Å². The molecule has 1 saturated heterocycles. The first kappa shape index (κ1) is 22.9. The van der Waals surface area contributed by atoms with Crippen molar-refractivity contribution in [3.05, 3.63) is 41.9 Å². The summed E-state index contributed by atoms with van der Waals surface area (Å²) in [5.74, 6) is 2.29. The van der Waals surface area contributed by atoms with Gasteiger partial charge in [-0.25, -0.2) is 13.8 Å². The molecule has 0 spiro atoms. The van der Waals surface area contributed by atoms with Crippen molar-refractivity contribution in [1.82, 2.24) is 10.9 Å². The quantitative estimate of drug-likeness (QED) is 0.251. The monoisotopic (exact) mass is 452 g/mol. The highest BCUT2D eigenvalue weighted by Crippen LogP contribution is 2.37. The van der Waals surface area contributed by atoms with Crippen molar-refractivity contribution in [3.8, 4) is 11.5 Å². The number of benzene rings is 1. The molecule has 0 aliphatic carbocycles. The van der Waals surface area contributed by atoms with Crippen LogP contribution in [-0.4, -0.2) is 39.6 Å². The van der Waals surface area contributed by atoms with Gasteiger partial charge in [0.05, 0.1) is 19.0 Å². The number of hydrogen-bond acceptors (Lipinski definition) is 7. The van der Waals surface area contributed by atoms with Gasteiger partial charge in [0.15, 0.2) is 12.3 Å². The van der Waals surface area contributed by atoms with Crippen LogP contribution in [0.1, 0.15) is 38.4 Å². The van der Waals surface area contributed by atoms with E-state index in [2.05, 4.69) is 20.6 Å². The van der Waals surface area contributed by atoms with Crippen molar-refractivity contribution in [1.29, 1.82) is 0 Å². The predicted molar refractivity (Wildman–Crippen MR) is 117 cm³/mol. The Morgan fingerprint density at radius 2 is 1.74 bits per heavy atom. The summed E-state index contributed by atoms with van der Waals surface area (Å²) in [6.07, 6.45) is -0.711. The Morgan fingerprint density at radius 3 is 2.26 bits per heavy atom. The number of nitrogens with one attached hydrogen (secondary N) is 3. The molecule has 1 fully saturated rings. The van der Waals surface area contributed by atoms with Crippen molar-refractivity contribution in [3.63, 3.8) is 0 Å². The second kappa shape index (κ2) is 8.77. The SMILES string of the molecule is COc1cccc(OC)c1N/C(=N/S(=O)(=O)C(C)(C)C)NNC1OC1c1ccc(C)o1. The molecule has 11 heteroatoms. The fourth-order valence-corrected chi connectivity index (χ4v) is 3.22. The van der Waals surface area contributed by atoms with Crippen LogP contribution in [0.4, 0.5) is 5.69 Å². The van der Waals surface area contributed by atoms with Crippen LogP contribution >= 0.6 is 0 Å². The van der Waals surface area contributed by atoms with Gasteiger partial charge in [-0.15, -0.1) is 4.40 Å². The number of aryl methyl sites for hydroxylation is 1. The molecule has 2 heterocycles. The molecular formula is C20H28N4O6S. The number of nitrogens with zero attached hydrogens (tertiary/aromatic N) is 1. The molecule has 0 amide bonds. The number of rotatable bonds is 7. The molecule has 0 radical (unpaired) electrons. The minimum Gasteiger partial charge on any atom is -0.494 e. The summed E-state index contributed by atoms with van der Waals surface area (Å²) in [5, 5.41) is 2.96. The van der Waals surface area contributed by atoms with Crippen LogP contribution < -0.4 is 25.6 Å². The highest BCUT2D eigenvalue weighted by atomic mass is 32.2. The van der Waals surface area contributed by atoms with Crippen molar-refractivity contribution in [2.24, 2.45) is 4.40 Å². The van der Waals surface area contributed by atoms with Gasteiger partial charge in [0.2, 0.25) is 5.96 Å². The lowest BCUT2D eigenvalue weighted by molar-refractivity contribution is 0.323. The molecule has 0 saturated carbocycles. The minimum absolute atomic E-state index is 0.0670. The number of hydrazine groups is 1. The predicted octanol–water partition coefficient (Wildman–Crippen LogP) is 2.69. The van der Waals surface area contributed by atoms with E-state index in [9.17, 15) is 8.42 Å². The van der Waals surface area contributed by atoms with Crippen LogP contribution in [0.15, 0.2) is 39.1 Å². The number of para-hydroxylation sites is 1. The molecule has 3 rings (SSSR count). The number of ether oxygens (including phenoxy) is 3.